The number of amides is 1. The molecule has 3 aromatic rings. The van der Waals surface area contributed by atoms with Crippen LogP contribution >= 0.6 is 0 Å². The van der Waals surface area contributed by atoms with Crippen molar-refractivity contribution in [2.75, 3.05) is 19.7 Å². The largest absolute Gasteiger partial charge is 0.465 e. The van der Waals surface area contributed by atoms with E-state index in [1.807, 2.05) is 23.0 Å². The Balaban J connectivity index is 1.53. The Hall–Kier alpha value is -3.23. The van der Waals surface area contributed by atoms with Gasteiger partial charge in [0.05, 0.1) is 30.4 Å². The molecule has 2 unspecified atom stereocenters. The molecule has 11 heteroatoms. The molecular weight excluding hydrogens is 450 g/mol. The lowest BCUT2D eigenvalue weighted by Gasteiger charge is -2.21. The minimum Gasteiger partial charge on any atom is -0.465 e. The third kappa shape index (κ3) is 5.29. The first-order chi connectivity index (χ1) is 16.3. The number of fused-ring (bicyclic) bond motifs is 1. The first-order valence-electron chi connectivity index (χ1n) is 11.5. The van der Waals surface area contributed by atoms with Crippen molar-refractivity contribution in [3.8, 4) is 17.3 Å². The van der Waals surface area contributed by atoms with Gasteiger partial charge in [0.15, 0.2) is 0 Å². The standard InChI is InChI=1S/C23H31N7O3Si/c1-34(2,3)11-10-33-16-29-9-6-19-21(25-15-26-22(19)29)18-12-27-30(14-18)20(4-7-24)17-5-8-28(13-17)23(31)32/h6,9,12,14-15,17,20H,4-5,8,10-11,13,16H2,1-3H3,(H,31,32). The summed E-state index contributed by atoms with van der Waals surface area (Å²) in [6.07, 6.45) is 7.21. The van der Waals surface area contributed by atoms with Crippen LogP contribution in [0.4, 0.5) is 4.79 Å². The smallest absolute Gasteiger partial charge is 0.407 e. The minimum absolute atomic E-state index is 0.0447. The molecule has 1 aliphatic heterocycles. The molecule has 34 heavy (non-hydrogen) atoms. The van der Waals surface area contributed by atoms with Crippen molar-refractivity contribution >= 4 is 25.2 Å². The number of carboxylic acid groups (broad SMARTS) is 1. The summed E-state index contributed by atoms with van der Waals surface area (Å²) in [5, 5.41) is 24.1. The van der Waals surface area contributed by atoms with Crippen LogP contribution in [0.2, 0.25) is 25.7 Å². The van der Waals surface area contributed by atoms with Crippen molar-refractivity contribution in [1.29, 1.82) is 5.26 Å². The molecule has 3 aromatic heterocycles. The van der Waals surface area contributed by atoms with Crippen molar-refractivity contribution in [2.24, 2.45) is 5.92 Å². The fourth-order valence-electron chi connectivity index (χ4n) is 4.37. The third-order valence-corrected chi connectivity index (χ3v) is 8.04. The predicted octanol–water partition coefficient (Wildman–Crippen LogP) is 4.06. The highest BCUT2D eigenvalue weighted by atomic mass is 28.3. The SMILES string of the molecule is C[Si](C)(C)CCOCn1ccc2c(-c3cnn(C(CC#N)C4CCN(C(=O)O)C4)c3)ncnc21. The zero-order chi connectivity index (χ0) is 24.3. The molecule has 1 saturated heterocycles. The molecule has 10 nitrogen and oxygen atoms in total. The van der Waals surface area contributed by atoms with Crippen LogP contribution in [-0.4, -0.2) is 68.2 Å². The Morgan fingerprint density at radius 2 is 2.21 bits per heavy atom. The van der Waals surface area contributed by atoms with Gasteiger partial charge in [0.25, 0.3) is 0 Å². The van der Waals surface area contributed by atoms with E-state index < -0.39 is 14.2 Å². The van der Waals surface area contributed by atoms with Crippen LogP contribution in [0.1, 0.15) is 18.9 Å². The molecule has 1 N–H and O–H groups in total. The number of aromatic nitrogens is 5. The van der Waals surface area contributed by atoms with Crippen LogP contribution in [0.25, 0.3) is 22.3 Å². The van der Waals surface area contributed by atoms with E-state index in [4.69, 9.17) is 4.74 Å². The summed E-state index contributed by atoms with van der Waals surface area (Å²) in [5.74, 6) is 0.0447. The van der Waals surface area contributed by atoms with Crippen molar-refractivity contribution in [3.05, 3.63) is 31.0 Å². The molecule has 1 amide bonds. The van der Waals surface area contributed by atoms with Gasteiger partial charge in [0.1, 0.15) is 18.7 Å². The van der Waals surface area contributed by atoms with Crippen molar-refractivity contribution in [3.63, 3.8) is 0 Å². The Morgan fingerprint density at radius 1 is 1.38 bits per heavy atom. The second-order valence-electron chi connectivity index (χ2n) is 10.0. The quantitative estimate of drug-likeness (QED) is 0.361. The number of nitrogens with zero attached hydrogens (tertiary/aromatic N) is 7. The van der Waals surface area contributed by atoms with E-state index in [0.29, 0.717) is 26.2 Å². The lowest BCUT2D eigenvalue weighted by Crippen LogP contribution is -2.29. The van der Waals surface area contributed by atoms with Gasteiger partial charge in [-0.3, -0.25) is 4.68 Å². The van der Waals surface area contributed by atoms with Gasteiger partial charge in [0.2, 0.25) is 0 Å². The second-order valence-corrected chi connectivity index (χ2v) is 15.6. The van der Waals surface area contributed by atoms with Gasteiger partial charge < -0.3 is 19.3 Å². The van der Waals surface area contributed by atoms with Crippen LogP contribution in [0, 0.1) is 17.2 Å². The maximum Gasteiger partial charge on any atom is 0.407 e. The lowest BCUT2D eigenvalue weighted by molar-refractivity contribution is 0.0899. The lowest BCUT2D eigenvalue weighted by atomic mass is 9.96. The van der Waals surface area contributed by atoms with E-state index in [0.717, 1.165) is 34.9 Å². The summed E-state index contributed by atoms with van der Waals surface area (Å²) < 4.78 is 9.67. The minimum atomic E-state index is -1.14. The topological polar surface area (TPSA) is 122 Å². The molecule has 0 saturated carbocycles. The second kappa shape index (κ2) is 9.95. The summed E-state index contributed by atoms with van der Waals surface area (Å²) in [6, 6.07) is 5.14. The normalized spacial score (nSPS) is 17.2. The molecule has 0 spiro atoms. The number of rotatable bonds is 9. The Bertz CT molecular complexity index is 1190. The monoisotopic (exact) mass is 481 g/mol. The van der Waals surface area contributed by atoms with Crippen molar-refractivity contribution in [1.82, 2.24) is 29.2 Å². The predicted molar refractivity (Wildman–Crippen MR) is 130 cm³/mol. The molecule has 4 heterocycles. The highest BCUT2D eigenvalue weighted by Gasteiger charge is 2.33. The van der Waals surface area contributed by atoms with Crippen LogP contribution in [0.5, 0.6) is 0 Å². The molecule has 2 atom stereocenters. The van der Waals surface area contributed by atoms with E-state index in [9.17, 15) is 15.2 Å². The first kappa shape index (κ1) is 23.9. The van der Waals surface area contributed by atoms with E-state index in [1.54, 1.807) is 17.2 Å². The maximum absolute atomic E-state index is 11.3. The van der Waals surface area contributed by atoms with E-state index in [-0.39, 0.29) is 18.4 Å². The maximum atomic E-state index is 11.3. The van der Waals surface area contributed by atoms with Crippen LogP contribution in [0.15, 0.2) is 31.0 Å². The highest BCUT2D eigenvalue weighted by molar-refractivity contribution is 6.76. The molecule has 0 radical (unpaired) electrons. The van der Waals surface area contributed by atoms with Crippen molar-refractivity contribution in [2.45, 2.75) is 51.3 Å². The third-order valence-electron chi connectivity index (χ3n) is 6.34. The molecular formula is C23H31N7O3Si. The van der Waals surface area contributed by atoms with E-state index in [2.05, 4.69) is 40.8 Å². The number of likely N-dealkylation sites (tertiary alicyclic amines) is 1. The molecule has 0 aromatic carbocycles. The van der Waals surface area contributed by atoms with Gasteiger partial charge in [-0.05, 0) is 18.5 Å². The Kier molecular flexibility index (Phi) is 6.99. The fraction of sp³-hybridized carbons (Fsp3) is 0.522. The van der Waals surface area contributed by atoms with Gasteiger partial charge in [0, 0.05) is 57.0 Å². The van der Waals surface area contributed by atoms with Crippen LogP contribution < -0.4 is 0 Å². The summed E-state index contributed by atoms with van der Waals surface area (Å²) in [4.78, 5) is 21.7. The number of hydrogen-bond donors (Lipinski definition) is 1. The number of ether oxygens (including phenoxy) is 1. The van der Waals surface area contributed by atoms with Crippen LogP contribution in [0.3, 0.4) is 0 Å². The van der Waals surface area contributed by atoms with Crippen molar-refractivity contribution < 1.29 is 14.6 Å². The first-order valence-corrected chi connectivity index (χ1v) is 15.2. The molecule has 180 valence electrons. The summed E-state index contributed by atoms with van der Waals surface area (Å²) in [7, 11) is -1.14. The van der Waals surface area contributed by atoms with Gasteiger partial charge in [-0.1, -0.05) is 19.6 Å². The average molecular weight is 482 g/mol. The van der Waals surface area contributed by atoms with E-state index in [1.165, 1.54) is 4.90 Å². The Labute approximate surface area is 199 Å². The highest BCUT2D eigenvalue weighted by Crippen LogP contribution is 2.32. The average Bonchev–Trinajstić information content (AvgIpc) is 3.54. The zero-order valence-electron chi connectivity index (χ0n) is 19.9. The fourth-order valence-corrected chi connectivity index (χ4v) is 5.12. The Morgan fingerprint density at radius 3 is 2.91 bits per heavy atom. The van der Waals surface area contributed by atoms with Gasteiger partial charge in [-0.25, -0.2) is 14.8 Å². The summed E-state index contributed by atoms with van der Waals surface area (Å²) >= 11 is 0. The number of nitriles is 1. The summed E-state index contributed by atoms with van der Waals surface area (Å²) in [5.41, 5.74) is 2.40. The van der Waals surface area contributed by atoms with E-state index >= 15 is 0 Å². The molecule has 1 aliphatic rings. The van der Waals surface area contributed by atoms with Gasteiger partial charge in [-0.15, -0.1) is 0 Å². The molecule has 0 aliphatic carbocycles. The van der Waals surface area contributed by atoms with Gasteiger partial charge >= 0.3 is 6.09 Å². The van der Waals surface area contributed by atoms with Crippen LogP contribution in [-0.2, 0) is 11.5 Å². The van der Waals surface area contributed by atoms with Gasteiger partial charge in [-0.2, -0.15) is 10.4 Å². The number of hydrogen-bond acceptors (Lipinski definition) is 6. The molecule has 1 fully saturated rings. The summed E-state index contributed by atoms with van der Waals surface area (Å²) in [6.45, 7) is 9.06. The number of carbonyl (C=O) groups is 1. The zero-order valence-corrected chi connectivity index (χ0v) is 20.9. The molecule has 0 bridgehead atoms. The molecule has 4 rings (SSSR count).